The fourth-order valence-corrected chi connectivity index (χ4v) is 2.77. The average Bonchev–Trinajstić information content (AvgIpc) is 2.54. The normalized spacial score (nSPS) is 10.6. The van der Waals surface area contributed by atoms with Gasteiger partial charge in [-0.15, -0.1) is 0 Å². The van der Waals surface area contributed by atoms with Gasteiger partial charge in [0.25, 0.3) is 5.56 Å². The highest BCUT2D eigenvalue weighted by Gasteiger charge is 2.18. The average molecular weight is 359 g/mol. The Balaban J connectivity index is 2.31. The van der Waals surface area contributed by atoms with Gasteiger partial charge < -0.3 is 9.72 Å². The van der Waals surface area contributed by atoms with Gasteiger partial charge >= 0.3 is 5.97 Å². The number of nitrogens with zero attached hydrogens (tertiary/aromatic N) is 1. The van der Waals surface area contributed by atoms with E-state index in [2.05, 4.69) is 25.9 Å². The standard InChI is InChI=1S/C16H11BrN2O3/c1-22-16(21)13-10(6-4-7-11(13)17)14-18-12-8-3-2-5-9(12)15(20)19-14/h2-8H,1H3,(H,18,19,20). The van der Waals surface area contributed by atoms with Gasteiger partial charge in [0.15, 0.2) is 0 Å². The molecule has 0 atom stereocenters. The first-order valence-electron chi connectivity index (χ1n) is 6.48. The van der Waals surface area contributed by atoms with Crippen molar-refractivity contribution in [3.8, 4) is 11.4 Å². The Labute approximate surface area is 134 Å². The van der Waals surface area contributed by atoms with Crippen molar-refractivity contribution in [3.63, 3.8) is 0 Å². The number of aromatic amines is 1. The van der Waals surface area contributed by atoms with Crippen LogP contribution in [0.1, 0.15) is 10.4 Å². The Morgan fingerprint density at radius 2 is 1.95 bits per heavy atom. The Bertz CT molecular complexity index is 934. The number of hydrogen-bond donors (Lipinski definition) is 1. The molecule has 110 valence electrons. The Hall–Kier alpha value is -2.47. The maximum atomic E-state index is 12.2. The van der Waals surface area contributed by atoms with E-state index in [1.807, 2.05) is 0 Å². The van der Waals surface area contributed by atoms with E-state index >= 15 is 0 Å². The topological polar surface area (TPSA) is 72.0 Å². The van der Waals surface area contributed by atoms with E-state index in [4.69, 9.17) is 4.74 Å². The number of carbonyl (C=O) groups excluding carboxylic acids is 1. The molecular weight excluding hydrogens is 348 g/mol. The van der Waals surface area contributed by atoms with E-state index in [9.17, 15) is 9.59 Å². The third-order valence-corrected chi connectivity index (χ3v) is 3.93. The van der Waals surface area contributed by atoms with Crippen LogP contribution < -0.4 is 5.56 Å². The molecule has 2 aromatic carbocycles. The first-order chi connectivity index (χ1) is 10.6. The lowest BCUT2D eigenvalue weighted by Crippen LogP contribution is -2.12. The molecule has 1 N–H and O–H groups in total. The summed E-state index contributed by atoms with van der Waals surface area (Å²) < 4.78 is 5.38. The molecule has 0 aliphatic heterocycles. The molecule has 0 saturated heterocycles. The number of aromatic nitrogens is 2. The summed E-state index contributed by atoms with van der Waals surface area (Å²) in [4.78, 5) is 31.3. The first-order valence-corrected chi connectivity index (χ1v) is 7.27. The predicted octanol–water partition coefficient (Wildman–Crippen LogP) is 3.14. The highest BCUT2D eigenvalue weighted by molar-refractivity contribution is 9.10. The third kappa shape index (κ3) is 2.42. The number of halogens is 1. The minimum atomic E-state index is -0.502. The van der Waals surface area contributed by atoms with Gasteiger partial charge in [-0.3, -0.25) is 4.79 Å². The molecule has 3 rings (SSSR count). The van der Waals surface area contributed by atoms with Crippen molar-refractivity contribution in [3.05, 3.63) is 62.9 Å². The second-order valence-electron chi connectivity index (χ2n) is 4.59. The number of hydrogen-bond acceptors (Lipinski definition) is 4. The minimum Gasteiger partial charge on any atom is -0.465 e. The van der Waals surface area contributed by atoms with Crippen LogP contribution in [0.2, 0.25) is 0 Å². The molecule has 0 spiro atoms. The molecular formula is C16H11BrN2O3. The van der Waals surface area contributed by atoms with E-state index in [1.54, 1.807) is 42.5 Å². The van der Waals surface area contributed by atoms with Crippen LogP contribution in [0, 0.1) is 0 Å². The van der Waals surface area contributed by atoms with Crippen molar-refractivity contribution in [1.82, 2.24) is 9.97 Å². The second-order valence-corrected chi connectivity index (χ2v) is 5.44. The maximum absolute atomic E-state index is 12.2. The number of methoxy groups -OCH3 is 1. The number of benzene rings is 2. The van der Waals surface area contributed by atoms with Crippen LogP contribution in [-0.2, 0) is 4.74 Å². The minimum absolute atomic E-state index is 0.253. The zero-order valence-corrected chi connectivity index (χ0v) is 13.2. The second kappa shape index (κ2) is 5.73. The van der Waals surface area contributed by atoms with E-state index in [0.717, 1.165) is 0 Å². The smallest absolute Gasteiger partial charge is 0.339 e. The first kappa shape index (κ1) is 14.5. The number of nitrogens with one attached hydrogen (secondary N) is 1. The molecule has 0 amide bonds. The van der Waals surface area contributed by atoms with Gasteiger partial charge in [-0.05, 0) is 34.1 Å². The van der Waals surface area contributed by atoms with Crippen LogP contribution in [0.5, 0.6) is 0 Å². The molecule has 5 nitrogen and oxygen atoms in total. The molecule has 0 bridgehead atoms. The molecule has 1 aromatic heterocycles. The highest BCUT2D eigenvalue weighted by Crippen LogP contribution is 2.28. The SMILES string of the molecule is COC(=O)c1c(Br)cccc1-c1nc2ccccc2c(=O)[nH]1. The Morgan fingerprint density at radius 3 is 2.73 bits per heavy atom. The number of para-hydroxylation sites is 1. The summed E-state index contributed by atoms with van der Waals surface area (Å²) in [5.41, 5.74) is 1.14. The van der Waals surface area contributed by atoms with Crippen LogP contribution in [0.4, 0.5) is 0 Å². The van der Waals surface area contributed by atoms with Gasteiger partial charge in [0, 0.05) is 10.0 Å². The van der Waals surface area contributed by atoms with Crippen molar-refractivity contribution >= 4 is 32.8 Å². The fraction of sp³-hybridized carbons (Fsp3) is 0.0625. The molecule has 3 aromatic rings. The van der Waals surface area contributed by atoms with Gasteiger partial charge in [0.2, 0.25) is 0 Å². The summed E-state index contributed by atoms with van der Waals surface area (Å²) in [5, 5.41) is 0.501. The maximum Gasteiger partial charge on any atom is 0.339 e. The van der Waals surface area contributed by atoms with Crippen LogP contribution in [-0.4, -0.2) is 23.0 Å². The van der Waals surface area contributed by atoms with E-state index in [-0.39, 0.29) is 5.56 Å². The van der Waals surface area contributed by atoms with Crippen LogP contribution in [0.15, 0.2) is 51.7 Å². The van der Waals surface area contributed by atoms with Crippen molar-refractivity contribution in [2.75, 3.05) is 7.11 Å². The molecule has 0 unspecified atom stereocenters. The van der Waals surface area contributed by atoms with Crippen molar-refractivity contribution in [2.45, 2.75) is 0 Å². The predicted molar refractivity (Wildman–Crippen MR) is 86.8 cm³/mol. The Morgan fingerprint density at radius 1 is 1.18 bits per heavy atom. The summed E-state index contributed by atoms with van der Waals surface area (Å²) in [6.45, 7) is 0. The highest BCUT2D eigenvalue weighted by atomic mass is 79.9. The van der Waals surface area contributed by atoms with Crippen molar-refractivity contribution in [1.29, 1.82) is 0 Å². The Kier molecular flexibility index (Phi) is 3.77. The molecule has 6 heteroatoms. The quantitative estimate of drug-likeness (QED) is 0.714. The lowest BCUT2D eigenvalue weighted by Gasteiger charge is -2.09. The lowest BCUT2D eigenvalue weighted by molar-refractivity contribution is 0.0600. The molecule has 0 aliphatic carbocycles. The summed E-state index contributed by atoms with van der Waals surface area (Å²) in [7, 11) is 1.31. The lowest BCUT2D eigenvalue weighted by atomic mass is 10.1. The van der Waals surface area contributed by atoms with Crippen molar-refractivity contribution < 1.29 is 9.53 Å². The van der Waals surface area contributed by atoms with Gasteiger partial charge in [-0.25, -0.2) is 9.78 Å². The molecule has 0 radical (unpaired) electrons. The third-order valence-electron chi connectivity index (χ3n) is 3.27. The van der Waals surface area contributed by atoms with Gasteiger partial charge in [0.1, 0.15) is 5.82 Å². The number of esters is 1. The monoisotopic (exact) mass is 358 g/mol. The number of ether oxygens (including phenoxy) is 1. The summed E-state index contributed by atoms with van der Waals surface area (Å²) in [6.07, 6.45) is 0. The van der Waals surface area contributed by atoms with Gasteiger partial charge in [-0.1, -0.05) is 24.3 Å². The van der Waals surface area contributed by atoms with Crippen LogP contribution in [0.25, 0.3) is 22.3 Å². The molecule has 0 saturated carbocycles. The fourth-order valence-electron chi connectivity index (χ4n) is 2.24. The largest absolute Gasteiger partial charge is 0.465 e. The summed E-state index contributed by atoms with van der Waals surface area (Å²) in [5.74, 6) is -0.177. The molecule has 0 aliphatic rings. The van der Waals surface area contributed by atoms with Crippen LogP contribution >= 0.6 is 15.9 Å². The van der Waals surface area contributed by atoms with Crippen LogP contribution in [0.3, 0.4) is 0 Å². The summed E-state index contributed by atoms with van der Waals surface area (Å²) >= 11 is 3.33. The number of carbonyl (C=O) groups is 1. The molecule has 1 heterocycles. The molecule has 0 fully saturated rings. The van der Waals surface area contributed by atoms with E-state index in [1.165, 1.54) is 7.11 Å². The number of H-pyrrole nitrogens is 1. The summed E-state index contributed by atoms with van der Waals surface area (Å²) in [6, 6.07) is 12.2. The van der Waals surface area contributed by atoms with E-state index in [0.29, 0.717) is 32.3 Å². The molecule has 22 heavy (non-hydrogen) atoms. The van der Waals surface area contributed by atoms with Crippen molar-refractivity contribution in [2.24, 2.45) is 0 Å². The van der Waals surface area contributed by atoms with Gasteiger partial charge in [-0.2, -0.15) is 0 Å². The van der Waals surface area contributed by atoms with E-state index < -0.39 is 5.97 Å². The number of rotatable bonds is 2. The zero-order valence-electron chi connectivity index (χ0n) is 11.6. The zero-order chi connectivity index (χ0) is 15.7. The number of fused-ring (bicyclic) bond motifs is 1. The van der Waals surface area contributed by atoms with Gasteiger partial charge in [0.05, 0.1) is 23.6 Å².